The Labute approximate surface area is 204 Å². The molecule has 0 aliphatic heterocycles. The first kappa shape index (κ1) is 27.6. The largest absolute Gasteiger partial charge is 0.508 e. The standard InChI is InChI=1S/C29H42O5/c1-5-6-7-8-9-10-11-12-19-32-28-27(33-20-18-23(4)15-13-14-22(2)3)25-17-16-24(30)21-26(25)34-29(28)31/h14,16-18,21,30H,5-13,15,19-20H2,1-4H3. The monoisotopic (exact) mass is 470 g/mol. The van der Waals surface area contributed by atoms with Gasteiger partial charge >= 0.3 is 5.63 Å². The van der Waals surface area contributed by atoms with E-state index in [-0.39, 0.29) is 17.1 Å². The van der Waals surface area contributed by atoms with Crippen molar-refractivity contribution in [2.75, 3.05) is 13.2 Å². The van der Waals surface area contributed by atoms with Gasteiger partial charge in [-0.25, -0.2) is 4.79 Å². The lowest BCUT2D eigenvalue weighted by molar-refractivity contribution is 0.264. The number of phenols is 1. The Balaban J connectivity index is 2.03. The van der Waals surface area contributed by atoms with Crippen molar-refractivity contribution in [1.29, 1.82) is 0 Å². The van der Waals surface area contributed by atoms with E-state index < -0.39 is 5.63 Å². The van der Waals surface area contributed by atoms with Gasteiger partial charge in [-0.3, -0.25) is 0 Å². The average molecular weight is 471 g/mol. The van der Waals surface area contributed by atoms with Gasteiger partial charge in [0.25, 0.3) is 0 Å². The second-order valence-corrected chi connectivity index (χ2v) is 9.23. The maximum atomic E-state index is 12.7. The highest BCUT2D eigenvalue weighted by atomic mass is 16.5. The van der Waals surface area contributed by atoms with Gasteiger partial charge in [0, 0.05) is 6.07 Å². The zero-order chi connectivity index (χ0) is 24.8. The highest BCUT2D eigenvalue weighted by molar-refractivity contribution is 5.86. The quantitative estimate of drug-likeness (QED) is 0.152. The van der Waals surface area contributed by atoms with Gasteiger partial charge in [-0.15, -0.1) is 0 Å². The van der Waals surface area contributed by atoms with Crippen molar-refractivity contribution in [2.24, 2.45) is 0 Å². The molecule has 0 unspecified atom stereocenters. The van der Waals surface area contributed by atoms with Crippen LogP contribution in [0.1, 0.15) is 91.9 Å². The lowest BCUT2D eigenvalue weighted by Gasteiger charge is -2.13. The van der Waals surface area contributed by atoms with Crippen LogP contribution in [0.25, 0.3) is 11.0 Å². The van der Waals surface area contributed by atoms with Gasteiger partial charge in [0.1, 0.15) is 17.9 Å². The first-order valence-corrected chi connectivity index (χ1v) is 12.8. The molecule has 0 saturated heterocycles. The highest BCUT2D eigenvalue weighted by Gasteiger charge is 2.18. The molecule has 1 aromatic carbocycles. The number of hydrogen-bond acceptors (Lipinski definition) is 5. The molecule has 5 heteroatoms. The molecule has 1 aromatic heterocycles. The normalized spacial score (nSPS) is 11.6. The van der Waals surface area contributed by atoms with Crippen LogP contribution in [0.4, 0.5) is 0 Å². The summed E-state index contributed by atoms with van der Waals surface area (Å²) in [7, 11) is 0. The van der Waals surface area contributed by atoms with Crippen molar-refractivity contribution >= 4 is 11.0 Å². The van der Waals surface area contributed by atoms with Crippen LogP contribution in [0.2, 0.25) is 0 Å². The van der Waals surface area contributed by atoms with E-state index in [2.05, 4.69) is 33.8 Å². The fraction of sp³-hybridized carbons (Fsp3) is 0.552. The number of rotatable bonds is 16. The van der Waals surface area contributed by atoms with Crippen LogP contribution in [0.3, 0.4) is 0 Å². The van der Waals surface area contributed by atoms with Gasteiger partial charge in [0.05, 0.1) is 12.0 Å². The molecule has 1 heterocycles. The van der Waals surface area contributed by atoms with Gasteiger partial charge in [-0.2, -0.15) is 0 Å². The predicted molar refractivity (Wildman–Crippen MR) is 140 cm³/mol. The van der Waals surface area contributed by atoms with Crippen LogP contribution in [-0.4, -0.2) is 18.3 Å². The molecule has 1 N–H and O–H groups in total. The Kier molecular flexibility index (Phi) is 12.4. The minimum absolute atomic E-state index is 0.0317. The van der Waals surface area contributed by atoms with Crippen molar-refractivity contribution in [1.82, 2.24) is 0 Å². The van der Waals surface area contributed by atoms with E-state index in [1.807, 2.05) is 6.08 Å². The van der Waals surface area contributed by atoms with E-state index >= 15 is 0 Å². The number of unbranched alkanes of at least 4 members (excludes halogenated alkanes) is 7. The molecular formula is C29H42O5. The number of benzene rings is 1. The number of allylic oxidation sites excluding steroid dienone is 3. The molecule has 2 aromatic rings. The Morgan fingerprint density at radius 1 is 0.941 bits per heavy atom. The lowest BCUT2D eigenvalue weighted by Crippen LogP contribution is -2.11. The third-order valence-corrected chi connectivity index (χ3v) is 5.80. The molecule has 0 fully saturated rings. The molecule has 5 nitrogen and oxygen atoms in total. The summed E-state index contributed by atoms with van der Waals surface area (Å²) in [5, 5.41) is 10.4. The molecule has 0 radical (unpaired) electrons. The van der Waals surface area contributed by atoms with E-state index in [0.717, 1.165) is 25.7 Å². The Bertz CT molecular complexity index is 995. The minimum Gasteiger partial charge on any atom is -0.508 e. The summed E-state index contributed by atoms with van der Waals surface area (Å²) in [6.45, 7) is 9.27. The van der Waals surface area contributed by atoms with Gasteiger partial charge in [-0.1, -0.05) is 69.1 Å². The maximum Gasteiger partial charge on any atom is 0.383 e. The predicted octanol–water partition coefficient (Wildman–Crippen LogP) is 8.09. The average Bonchev–Trinajstić information content (AvgIpc) is 2.78. The first-order chi connectivity index (χ1) is 16.4. The molecule has 0 amide bonds. The third-order valence-electron chi connectivity index (χ3n) is 5.80. The smallest absolute Gasteiger partial charge is 0.383 e. The van der Waals surface area contributed by atoms with E-state index in [1.54, 1.807) is 12.1 Å². The van der Waals surface area contributed by atoms with Crippen LogP contribution >= 0.6 is 0 Å². The molecule has 0 spiro atoms. The van der Waals surface area contributed by atoms with Gasteiger partial charge < -0.3 is 19.0 Å². The Morgan fingerprint density at radius 2 is 1.65 bits per heavy atom. The number of aromatic hydroxyl groups is 1. The Hall–Kier alpha value is -2.69. The number of ether oxygens (including phenoxy) is 2. The molecule has 188 valence electrons. The second-order valence-electron chi connectivity index (χ2n) is 9.23. The molecule has 0 saturated carbocycles. The van der Waals surface area contributed by atoms with Crippen LogP contribution in [-0.2, 0) is 0 Å². The van der Waals surface area contributed by atoms with E-state index in [9.17, 15) is 9.90 Å². The van der Waals surface area contributed by atoms with Gasteiger partial charge in [-0.05, 0) is 58.2 Å². The molecule has 0 aliphatic rings. The summed E-state index contributed by atoms with van der Waals surface area (Å²) in [5.74, 6) is 0.514. The van der Waals surface area contributed by atoms with Crippen LogP contribution in [0, 0.1) is 0 Å². The van der Waals surface area contributed by atoms with Crippen molar-refractivity contribution in [3.63, 3.8) is 0 Å². The second kappa shape index (κ2) is 15.3. The van der Waals surface area contributed by atoms with Crippen LogP contribution < -0.4 is 15.1 Å². The van der Waals surface area contributed by atoms with Gasteiger partial charge in [0.2, 0.25) is 5.75 Å². The summed E-state index contributed by atoms with van der Waals surface area (Å²) in [6, 6.07) is 4.67. The number of fused-ring (bicyclic) bond motifs is 1. The fourth-order valence-corrected chi connectivity index (χ4v) is 3.78. The van der Waals surface area contributed by atoms with Gasteiger partial charge in [0.15, 0.2) is 5.75 Å². The first-order valence-electron chi connectivity index (χ1n) is 12.8. The van der Waals surface area contributed by atoms with Crippen LogP contribution in [0.15, 0.2) is 50.7 Å². The topological polar surface area (TPSA) is 68.9 Å². The summed E-state index contributed by atoms with van der Waals surface area (Å²) in [4.78, 5) is 12.7. The zero-order valence-corrected chi connectivity index (χ0v) is 21.5. The van der Waals surface area contributed by atoms with Crippen molar-refractivity contribution in [3.05, 3.63) is 51.9 Å². The number of hydrogen-bond donors (Lipinski definition) is 1. The zero-order valence-electron chi connectivity index (χ0n) is 21.5. The van der Waals surface area contributed by atoms with E-state index in [4.69, 9.17) is 13.9 Å². The maximum absolute atomic E-state index is 12.7. The fourth-order valence-electron chi connectivity index (χ4n) is 3.78. The molecule has 34 heavy (non-hydrogen) atoms. The summed E-state index contributed by atoms with van der Waals surface area (Å²) >= 11 is 0. The number of phenolic OH excluding ortho intramolecular Hbond substituents is 1. The Morgan fingerprint density at radius 3 is 2.35 bits per heavy atom. The molecule has 0 aliphatic carbocycles. The summed E-state index contributed by atoms with van der Waals surface area (Å²) in [6.07, 6.45) is 15.7. The summed E-state index contributed by atoms with van der Waals surface area (Å²) in [5.41, 5.74) is 2.23. The highest BCUT2D eigenvalue weighted by Crippen LogP contribution is 2.34. The lowest BCUT2D eigenvalue weighted by atomic mass is 10.1. The van der Waals surface area contributed by atoms with Crippen molar-refractivity contribution in [3.8, 4) is 17.2 Å². The molecular weight excluding hydrogens is 428 g/mol. The minimum atomic E-state index is -0.586. The van der Waals surface area contributed by atoms with Crippen LogP contribution in [0.5, 0.6) is 17.2 Å². The molecule has 2 rings (SSSR count). The summed E-state index contributed by atoms with van der Waals surface area (Å²) < 4.78 is 17.3. The third kappa shape index (κ3) is 9.66. The van der Waals surface area contributed by atoms with E-state index in [1.165, 1.54) is 55.7 Å². The van der Waals surface area contributed by atoms with Crippen molar-refractivity contribution in [2.45, 2.75) is 91.9 Å². The van der Waals surface area contributed by atoms with E-state index in [0.29, 0.717) is 24.3 Å². The molecule has 0 bridgehead atoms. The van der Waals surface area contributed by atoms with Crippen molar-refractivity contribution < 1.29 is 19.0 Å². The molecule has 0 atom stereocenters. The SMILES string of the molecule is CCCCCCCCCCOc1c(OCC=C(C)CCC=C(C)C)c2ccc(O)cc2oc1=O.